The summed E-state index contributed by atoms with van der Waals surface area (Å²) in [5.41, 5.74) is -1.24. The first-order valence-electron chi connectivity index (χ1n) is 7.27. The SMILES string of the molecule is CC(C)(C)OC(=O)NCCC=Cc1cc(C#N)cc(C(F)(F)F)c1. The van der Waals surface area contributed by atoms with Crippen LogP contribution in [-0.2, 0) is 10.9 Å². The number of nitrogens with one attached hydrogen (secondary N) is 1. The topological polar surface area (TPSA) is 62.1 Å². The van der Waals surface area contributed by atoms with Crippen LogP contribution in [0.15, 0.2) is 24.3 Å². The maximum Gasteiger partial charge on any atom is 0.416 e. The van der Waals surface area contributed by atoms with Crippen LogP contribution in [0.2, 0.25) is 0 Å². The van der Waals surface area contributed by atoms with E-state index in [1.165, 1.54) is 12.1 Å². The highest BCUT2D eigenvalue weighted by Crippen LogP contribution is 2.30. The summed E-state index contributed by atoms with van der Waals surface area (Å²) in [6.45, 7) is 5.52. The van der Waals surface area contributed by atoms with Crippen LogP contribution in [0.4, 0.5) is 18.0 Å². The lowest BCUT2D eigenvalue weighted by atomic mass is 10.1. The Morgan fingerprint density at radius 1 is 1.29 bits per heavy atom. The minimum atomic E-state index is -4.51. The molecule has 1 aromatic carbocycles. The fourth-order valence-electron chi connectivity index (χ4n) is 1.77. The molecule has 0 spiro atoms. The summed E-state index contributed by atoms with van der Waals surface area (Å²) in [6.07, 6.45) is -1.55. The van der Waals surface area contributed by atoms with Crippen molar-refractivity contribution in [3.8, 4) is 6.07 Å². The summed E-state index contributed by atoms with van der Waals surface area (Å²) in [6, 6.07) is 4.86. The molecule has 0 unspecified atom stereocenters. The van der Waals surface area contributed by atoms with E-state index in [0.29, 0.717) is 6.42 Å². The van der Waals surface area contributed by atoms with Gasteiger partial charge in [0.1, 0.15) is 5.60 Å². The number of halogens is 3. The van der Waals surface area contributed by atoms with E-state index >= 15 is 0 Å². The summed E-state index contributed by atoms with van der Waals surface area (Å²) < 4.78 is 43.3. The lowest BCUT2D eigenvalue weighted by Gasteiger charge is -2.19. The van der Waals surface area contributed by atoms with Gasteiger partial charge in [0.15, 0.2) is 0 Å². The molecule has 0 saturated heterocycles. The number of alkyl carbamates (subject to hydrolysis) is 1. The van der Waals surface area contributed by atoms with Crippen molar-refractivity contribution in [1.82, 2.24) is 5.32 Å². The average Bonchev–Trinajstić information content (AvgIpc) is 2.43. The van der Waals surface area contributed by atoms with Crippen molar-refractivity contribution in [3.63, 3.8) is 0 Å². The average molecular weight is 340 g/mol. The quantitative estimate of drug-likeness (QED) is 0.821. The molecule has 0 aromatic heterocycles. The van der Waals surface area contributed by atoms with E-state index in [1.807, 2.05) is 0 Å². The van der Waals surface area contributed by atoms with Gasteiger partial charge < -0.3 is 10.1 Å². The number of nitriles is 1. The van der Waals surface area contributed by atoms with Gasteiger partial charge in [0.05, 0.1) is 17.2 Å². The fourth-order valence-corrected chi connectivity index (χ4v) is 1.77. The van der Waals surface area contributed by atoms with E-state index in [4.69, 9.17) is 10.00 Å². The summed E-state index contributed by atoms with van der Waals surface area (Å²) >= 11 is 0. The van der Waals surface area contributed by atoms with Crippen LogP contribution in [0.1, 0.15) is 43.9 Å². The number of hydrogen-bond donors (Lipinski definition) is 1. The third-order valence-electron chi connectivity index (χ3n) is 2.70. The zero-order chi connectivity index (χ0) is 18.4. The highest BCUT2D eigenvalue weighted by molar-refractivity contribution is 5.67. The van der Waals surface area contributed by atoms with Crippen LogP contribution in [-0.4, -0.2) is 18.2 Å². The number of nitrogens with zero attached hydrogens (tertiary/aromatic N) is 1. The van der Waals surface area contributed by atoms with Gasteiger partial charge in [-0.2, -0.15) is 18.4 Å². The normalized spacial score (nSPS) is 12.0. The molecule has 130 valence electrons. The number of rotatable bonds is 4. The van der Waals surface area contributed by atoms with Crippen molar-refractivity contribution in [2.75, 3.05) is 6.54 Å². The minimum absolute atomic E-state index is 0.0589. The van der Waals surface area contributed by atoms with Gasteiger partial charge in [-0.3, -0.25) is 0 Å². The molecule has 1 rings (SSSR count). The first-order valence-corrected chi connectivity index (χ1v) is 7.27. The van der Waals surface area contributed by atoms with Crippen molar-refractivity contribution in [2.24, 2.45) is 0 Å². The van der Waals surface area contributed by atoms with Gasteiger partial charge in [0.2, 0.25) is 0 Å². The molecule has 0 bridgehead atoms. The Hall–Kier alpha value is -2.49. The Labute approximate surface area is 138 Å². The van der Waals surface area contributed by atoms with Crippen molar-refractivity contribution >= 4 is 12.2 Å². The summed E-state index contributed by atoms with van der Waals surface area (Å²) in [4.78, 5) is 11.4. The molecule has 1 N–H and O–H groups in total. The monoisotopic (exact) mass is 340 g/mol. The van der Waals surface area contributed by atoms with E-state index < -0.39 is 23.4 Å². The van der Waals surface area contributed by atoms with E-state index in [2.05, 4.69) is 5.32 Å². The predicted molar refractivity (Wildman–Crippen MR) is 84.0 cm³/mol. The maximum absolute atomic E-state index is 12.8. The lowest BCUT2D eigenvalue weighted by Crippen LogP contribution is -2.32. The van der Waals surface area contributed by atoms with Crippen molar-refractivity contribution < 1.29 is 22.7 Å². The van der Waals surface area contributed by atoms with Gasteiger partial charge in [-0.25, -0.2) is 4.79 Å². The van der Waals surface area contributed by atoms with Crippen molar-refractivity contribution in [1.29, 1.82) is 5.26 Å². The van der Waals surface area contributed by atoms with Gasteiger partial charge >= 0.3 is 12.3 Å². The molecule has 0 saturated carbocycles. The van der Waals surface area contributed by atoms with Crippen LogP contribution in [0.3, 0.4) is 0 Å². The van der Waals surface area contributed by atoms with E-state index in [0.717, 1.165) is 12.1 Å². The third-order valence-corrected chi connectivity index (χ3v) is 2.70. The Kier molecular flexibility index (Phi) is 6.41. The molecule has 0 heterocycles. The predicted octanol–water partition coefficient (Wildman–Crippen LogP) is 4.51. The van der Waals surface area contributed by atoms with Crippen LogP contribution in [0.5, 0.6) is 0 Å². The molecule has 0 radical (unpaired) electrons. The number of carbonyl (C=O) groups excluding carboxylic acids is 1. The third kappa shape index (κ3) is 7.18. The van der Waals surface area contributed by atoms with Gasteiger partial charge in [-0.1, -0.05) is 12.2 Å². The van der Waals surface area contributed by atoms with Crippen LogP contribution >= 0.6 is 0 Å². The fraction of sp³-hybridized carbons (Fsp3) is 0.412. The summed E-state index contributed by atoms with van der Waals surface area (Å²) in [5, 5.41) is 11.4. The number of ether oxygens (including phenoxy) is 1. The number of amides is 1. The van der Waals surface area contributed by atoms with Gasteiger partial charge in [0, 0.05) is 6.54 Å². The molecular formula is C17H19F3N2O2. The highest BCUT2D eigenvalue weighted by atomic mass is 19.4. The second-order valence-electron chi connectivity index (χ2n) is 6.07. The van der Waals surface area contributed by atoms with Crippen molar-refractivity contribution in [3.05, 3.63) is 41.0 Å². The van der Waals surface area contributed by atoms with E-state index in [-0.39, 0.29) is 17.7 Å². The Morgan fingerprint density at radius 3 is 2.50 bits per heavy atom. The molecular weight excluding hydrogens is 321 g/mol. The maximum atomic E-state index is 12.8. The molecule has 24 heavy (non-hydrogen) atoms. The number of carbonyl (C=O) groups is 1. The highest BCUT2D eigenvalue weighted by Gasteiger charge is 2.31. The molecule has 7 heteroatoms. The number of benzene rings is 1. The smallest absolute Gasteiger partial charge is 0.416 e. The Morgan fingerprint density at radius 2 is 1.96 bits per heavy atom. The largest absolute Gasteiger partial charge is 0.444 e. The second-order valence-corrected chi connectivity index (χ2v) is 6.07. The molecule has 0 aliphatic rings. The Balaban J connectivity index is 2.62. The zero-order valence-corrected chi connectivity index (χ0v) is 13.7. The van der Waals surface area contributed by atoms with Crippen LogP contribution < -0.4 is 5.32 Å². The van der Waals surface area contributed by atoms with Crippen molar-refractivity contribution in [2.45, 2.75) is 39.0 Å². The summed E-state index contributed by atoms with van der Waals surface area (Å²) in [5.74, 6) is 0. The zero-order valence-electron chi connectivity index (χ0n) is 13.7. The standard InChI is InChI=1S/C17H19F3N2O2/c1-16(2,3)24-15(23)22-7-5-4-6-12-8-13(11-21)10-14(9-12)17(18,19)20/h4,6,8-10H,5,7H2,1-3H3,(H,22,23). The number of hydrogen-bond acceptors (Lipinski definition) is 3. The lowest BCUT2D eigenvalue weighted by molar-refractivity contribution is -0.137. The van der Waals surface area contributed by atoms with Crippen LogP contribution in [0, 0.1) is 11.3 Å². The first kappa shape index (κ1) is 19.6. The second kappa shape index (κ2) is 7.86. The molecule has 0 fully saturated rings. The van der Waals surface area contributed by atoms with Gasteiger partial charge in [-0.15, -0.1) is 0 Å². The minimum Gasteiger partial charge on any atom is -0.444 e. The molecule has 4 nitrogen and oxygen atoms in total. The first-order chi connectivity index (χ1) is 11.0. The molecule has 1 aromatic rings. The molecule has 0 aliphatic carbocycles. The number of alkyl halides is 3. The van der Waals surface area contributed by atoms with Gasteiger partial charge in [-0.05, 0) is 51.0 Å². The summed E-state index contributed by atoms with van der Waals surface area (Å²) in [7, 11) is 0. The molecule has 0 atom stereocenters. The van der Waals surface area contributed by atoms with E-state index in [9.17, 15) is 18.0 Å². The molecule has 0 aliphatic heterocycles. The molecule has 1 amide bonds. The van der Waals surface area contributed by atoms with Crippen LogP contribution in [0.25, 0.3) is 6.08 Å². The van der Waals surface area contributed by atoms with E-state index in [1.54, 1.807) is 32.9 Å². The van der Waals surface area contributed by atoms with Gasteiger partial charge in [0.25, 0.3) is 0 Å². The Bertz CT molecular complexity index is 653.